The summed E-state index contributed by atoms with van der Waals surface area (Å²) < 4.78 is 24.5. The highest BCUT2D eigenvalue weighted by Gasteiger charge is 2.08. The number of hydrogen-bond acceptors (Lipinski definition) is 3. The second-order valence-electron chi connectivity index (χ2n) is 5.30. The minimum atomic E-state index is -0.369. The predicted octanol–water partition coefficient (Wildman–Crippen LogP) is 4.80. The lowest BCUT2D eigenvalue weighted by molar-refractivity contribution is -0.143. The molecule has 0 aliphatic carbocycles. The maximum atomic E-state index is 14.1. The number of benzene rings is 2. The van der Waals surface area contributed by atoms with Gasteiger partial charge in [-0.25, -0.2) is 4.39 Å². The van der Waals surface area contributed by atoms with Gasteiger partial charge in [-0.2, -0.15) is 0 Å². The Morgan fingerprint density at radius 3 is 2.46 bits per heavy atom. The number of carbonyl (C=O) groups excluding carboxylic acids is 1. The van der Waals surface area contributed by atoms with E-state index in [1.165, 1.54) is 11.6 Å². The molecule has 0 radical (unpaired) electrons. The van der Waals surface area contributed by atoms with Crippen LogP contribution in [0.3, 0.4) is 0 Å². The molecule has 2 aromatic carbocycles. The highest BCUT2D eigenvalue weighted by Crippen LogP contribution is 2.19. The Kier molecular flexibility index (Phi) is 7.25. The smallest absolute Gasteiger partial charge is 0.306 e. The molecule has 3 nitrogen and oxygen atoms in total. The molecule has 0 bridgehead atoms. The van der Waals surface area contributed by atoms with Crippen LogP contribution in [0.5, 0.6) is 5.75 Å². The summed E-state index contributed by atoms with van der Waals surface area (Å²) >= 11 is 3.40. The summed E-state index contributed by atoms with van der Waals surface area (Å²) in [6.45, 7) is 2.47. The fraction of sp³-hybridized carbons (Fsp3) is 0.316. The van der Waals surface area contributed by atoms with Crippen molar-refractivity contribution in [3.63, 3.8) is 0 Å². The van der Waals surface area contributed by atoms with Crippen molar-refractivity contribution >= 4 is 21.9 Å². The van der Waals surface area contributed by atoms with Gasteiger partial charge in [-0.1, -0.05) is 46.3 Å². The van der Waals surface area contributed by atoms with Crippen LogP contribution < -0.4 is 4.74 Å². The zero-order valence-corrected chi connectivity index (χ0v) is 15.1. The number of halogens is 2. The van der Waals surface area contributed by atoms with Crippen molar-refractivity contribution in [2.75, 3.05) is 6.61 Å². The van der Waals surface area contributed by atoms with Crippen molar-refractivity contribution in [2.24, 2.45) is 0 Å². The molecule has 0 saturated heterocycles. The van der Waals surface area contributed by atoms with Crippen LogP contribution in [-0.2, 0) is 27.9 Å². The topological polar surface area (TPSA) is 35.5 Å². The van der Waals surface area contributed by atoms with Crippen molar-refractivity contribution in [1.29, 1.82) is 0 Å². The first kappa shape index (κ1) is 18.5. The lowest BCUT2D eigenvalue weighted by atomic mass is 10.1. The zero-order valence-electron chi connectivity index (χ0n) is 13.6. The third kappa shape index (κ3) is 5.64. The lowest BCUT2D eigenvalue weighted by Gasteiger charge is -2.09. The van der Waals surface area contributed by atoms with Crippen molar-refractivity contribution in [1.82, 2.24) is 0 Å². The van der Waals surface area contributed by atoms with Gasteiger partial charge in [0, 0.05) is 17.8 Å². The fourth-order valence-electron chi connectivity index (χ4n) is 2.18. The first-order chi connectivity index (χ1) is 11.6. The molecule has 0 aliphatic heterocycles. The number of ether oxygens (including phenoxy) is 2. The predicted molar refractivity (Wildman–Crippen MR) is 94.8 cm³/mol. The van der Waals surface area contributed by atoms with Gasteiger partial charge in [0.15, 0.2) is 0 Å². The Morgan fingerprint density at radius 2 is 1.83 bits per heavy atom. The fourth-order valence-corrected chi connectivity index (χ4v) is 2.56. The Hall–Kier alpha value is -1.88. The van der Waals surface area contributed by atoms with Crippen LogP contribution in [0, 0.1) is 5.82 Å². The van der Waals surface area contributed by atoms with E-state index in [1.807, 2.05) is 24.3 Å². The number of rotatable bonds is 8. The van der Waals surface area contributed by atoms with E-state index in [2.05, 4.69) is 15.9 Å². The molecule has 0 fully saturated rings. The van der Waals surface area contributed by atoms with Gasteiger partial charge in [0.2, 0.25) is 0 Å². The normalized spacial score (nSPS) is 10.5. The largest absolute Gasteiger partial charge is 0.489 e. The molecule has 0 amide bonds. The number of esters is 1. The number of aryl methyl sites for hydroxylation is 1. The second kappa shape index (κ2) is 9.42. The van der Waals surface area contributed by atoms with Crippen LogP contribution >= 0.6 is 15.9 Å². The third-order valence-electron chi connectivity index (χ3n) is 3.51. The Labute approximate surface area is 149 Å². The van der Waals surface area contributed by atoms with E-state index in [9.17, 15) is 9.18 Å². The van der Waals surface area contributed by atoms with Crippen molar-refractivity contribution in [3.8, 4) is 5.75 Å². The van der Waals surface area contributed by atoms with Gasteiger partial charge in [0.05, 0.1) is 6.61 Å². The quantitative estimate of drug-likeness (QED) is 0.476. The summed E-state index contributed by atoms with van der Waals surface area (Å²) in [7, 11) is 0. The van der Waals surface area contributed by atoms with E-state index >= 15 is 0 Å². The van der Waals surface area contributed by atoms with E-state index in [0.717, 1.165) is 10.9 Å². The zero-order chi connectivity index (χ0) is 17.4. The second-order valence-corrected chi connectivity index (χ2v) is 5.86. The summed E-state index contributed by atoms with van der Waals surface area (Å²) in [5.74, 6) is -0.215. The van der Waals surface area contributed by atoms with Gasteiger partial charge in [-0.3, -0.25) is 4.79 Å². The monoisotopic (exact) mass is 394 g/mol. The van der Waals surface area contributed by atoms with Crippen LogP contribution in [-0.4, -0.2) is 12.6 Å². The molecule has 0 saturated carbocycles. The average Bonchev–Trinajstić information content (AvgIpc) is 2.60. The number of carbonyl (C=O) groups is 1. The van der Waals surface area contributed by atoms with Crippen molar-refractivity contribution in [2.45, 2.75) is 31.7 Å². The average molecular weight is 395 g/mol. The molecule has 0 atom stereocenters. The van der Waals surface area contributed by atoms with Crippen LogP contribution in [0.1, 0.15) is 30.0 Å². The van der Waals surface area contributed by atoms with Crippen LogP contribution in [0.15, 0.2) is 42.5 Å². The van der Waals surface area contributed by atoms with E-state index in [4.69, 9.17) is 9.47 Å². The molecule has 0 aliphatic rings. The minimum Gasteiger partial charge on any atom is -0.489 e. The Morgan fingerprint density at radius 1 is 1.12 bits per heavy atom. The van der Waals surface area contributed by atoms with Gasteiger partial charge in [-0.15, -0.1) is 0 Å². The van der Waals surface area contributed by atoms with Gasteiger partial charge in [0.1, 0.15) is 18.2 Å². The Balaban J connectivity index is 1.90. The van der Waals surface area contributed by atoms with Gasteiger partial charge >= 0.3 is 5.97 Å². The summed E-state index contributed by atoms with van der Waals surface area (Å²) in [5, 5.41) is 0.812. The third-order valence-corrected chi connectivity index (χ3v) is 4.16. The highest BCUT2D eigenvalue weighted by atomic mass is 79.9. The molecule has 2 aromatic rings. The maximum absolute atomic E-state index is 14.1. The molecule has 128 valence electrons. The van der Waals surface area contributed by atoms with E-state index in [1.54, 1.807) is 19.1 Å². The lowest BCUT2D eigenvalue weighted by Crippen LogP contribution is -2.06. The molecule has 0 unspecified atom stereocenters. The molecular formula is C19H20BrFO3. The molecule has 5 heteroatoms. The van der Waals surface area contributed by atoms with Crippen LogP contribution in [0.4, 0.5) is 4.39 Å². The Bertz CT molecular complexity index is 671. The molecule has 0 heterocycles. The molecule has 2 rings (SSSR count). The first-order valence-electron chi connectivity index (χ1n) is 7.83. The molecule has 0 spiro atoms. The molecular weight excluding hydrogens is 375 g/mol. The summed E-state index contributed by atoms with van der Waals surface area (Å²) in [5.41, 5.74) is 2.69. The van der Waals surface area contributed by atoms with Crippen molar-refractivity contribution < 1.29 is 18.7 Å². The van der Waals surface area contributed by atoms with Crippen LogP contribution in [0.2, 0.25) is 0 Å². The molecule has 24 heavy (non-hydrogen) atoms. The molecule has 0 aromatic heterocycles. The maximum Gasteiger partial charge on any atom is 0.306 e. The van der Waals surface area contributed by atoms with Crippen LogP contribution in [0.25, 0.3) is 0 Å². The molecule has 0 N–H and O–H groups in total. The van der Waals surface area contributed by atoms with Gasteiger partial charge in [-0.05, 0) is 36.1 Å². The van der Waals surface area contributed by atoms with Gasteiger partial charge in [0.25, 0.3) is 0 Å². The number of alkyl halides is 1. The summed E-state index contributed by atoms with van der Waals surface area (Å²) in [6.07, 6.45) is 0.490. The van der Waals surface area contributed by atoms with Crippen molar-refractivity contribution in [3.05, 3.63) is 65.0 Å². The SMILES string of the molecule is CCOC(=O)CCc1ccc(OCc2ccc(CBr)cc2)cc1F. The first-order valence-corrected chi connectivity index (χ1v) is 8.95. The van der Waals surface area contributed by atoms with E-state index < -0.39 is 0 Å². The van der Waals surface area contributed by atoms with Gasteiger partial charge < -0.3 is 9.47 Å². The standard InChI is InChI=1S/C19H20BrFO3/c1-2-23-19(22)10-8-16-7-9-17(11-18(16)21)24-13-15-5-3-14(12-20)4-6-15/h3-7,9,11H,2,8,10,12-13H2,1H3. The minimum absolute atomic E-state index is 0.172. The van der Waals surface area contributed by atoms with E-state index in [0.29, 0.717) is 30.9 Å². The summed E-state index contributed by atoms with van der Waals surface area (Å²) in [4.78, 5) is 11.3. The highest BCUT2D eigenvalue weighted by molar-refractivity contribution is 9.08. The number of hydrogen-bond donors (Lipinski definition) is 0. The summed E-state index contributed by atoms with van der Waals surface area (Å²) in [6, 6.07) is 12.7. The van der Waals surface area contributed by atoms with E-state index in [-0.39, 0.29) is 18.2 Å².